The summed E-state index contributed by atoms with van der Waals surface area (Å²) in [5.74, 6) is -0.826. The third-order valence-corrected chi connectivity index (χ3v) is 3.70. The van der Waals surface area contributed by atoms with Crippen LogP contribution in [-0.4, -0.2) is 22.2 Å². The van der Waals surface area contributed by atoms with E-state index in [2.05, 4.69) is 5.32 Å². The highest BCUT2D eigenvalue weighted by molar-refractivity contribution is 5.80. The van der Waals surface area contributed by atoms with Gasteiger partial charge in [0.2, 0.25) is 0 Å². The summed E-state index contributed by atoms with van der Waals surface area (Å²) in [5.41, 5.74) is -0.560. The summed E-state index contributed by atoms with van der Waals surface area (Å²) >= 11 is 0. The highest BCUT2D eigenvalue weighted by atomic mass is 16.4. The average molecular weight is 249 g/mol. The molecule has 1 aliphatic carbocycles. The number of aliphatic carboxylic acids is 1. The van der Waals surface area contributed by atoms with Crippen molar-refractivity contribution in [2.24, 2.45) is 0 Å². The monoisotopic (exact) mass is 249 g/mol. The quantitative estimate of drug-likeness (QED) is 0.765. The van der Waals surface area contributed by atoms with Crippen molar-refractivity contribution in [3.63, 3.8) is 0 Å². The van der Waals surface area contributed by atoms with Gasteiger partial charge in [0, 0.05) is 6.04 Å². The molecular formula is C14H19NO3. The van der Waals surface area contributed by atoms with Crippen molar-refractivity contribution < 1.29 is 15.0 Å². The Morgan fingerprint density at radius 3 is 2.61 bits per heavy atom. The summed E-state index contributed by atoms with van der Waals surface area (Å²) in [6.45, 7) is 1.66. The Balaban J connectivity index is 2.28. The van der Waals surface area contributed by atoms with Crippen LogP contribution in [-0.2, 0) is 10.3 Å². The van der Waals surface area contributed by atoms with Gasteiger partial charge in [-0.3, -0.25) is 5.32 Å². The van der Waals surface area contributed by atoms with E-state index in [0.717, 1.165) is 25.7 Å². The average Bonchev–Trinajstić information content (AvgIpc) is 2.81. The second kappa shape index (κ2) is 4.98. The Hall–Kier alpha value is -1.55. The molecule has 0 amide bonds. The SMILES string of the molecule is CC(NC1CCCC1)(C(=O)O)c1cccc(O)c1. The number of phenolic OH excluding ortho intramolecular Hbond substituents is 1. The number of hydrogen-bond acceptors (Lipinski definition) is 3. The molecule has 3 N–H and O–H groups in total. The number of nitrogens with one attached hydrogen (secondary N) is 1. The minimum absolute atomic E-state index is 0.0909. The molecule has 0 bridgehead atoms. The van der Waals surface area contributed by atoms with Crippen LogP contribution in [0.25, 0.3) is 0 Å². The molecule has 1 aromatic carbocycles. The van der Waals surface area contributed by atoms with Crippen molar-refractivity contribution in [1.29, 1.82) is 0 Å². The van der Waals surface area contributed by atoms with Crippen LogP contribution in [0, 0.1) is 0 Å². The Kier molecular flexibility index (Phi) is 3.57. The molecule has 4 nitrogen and oxygen atoms in total. The first kappa shape index (κ1) is 12.9. The minimum atomic E-state index is -1.15. The van der Waals surface area contributed by atoms with E-state index < -0.39 is 11.5 Å². The normalized spacial score (nSPS) is 19.6. The van der Waals surface area contributed by atoms with Crippen LogP contribution in [0.1, 0.15) is 38.2 Å². The van der Waals surface area contributed by atoms with Crippen molar-refractivity contribution >= 4 is 5.97 Å². The summed E-state index contributed by atoms with van der Waals surface area (Å²) in [6, 6.07) is 6.70. The summed E-state index contributed by atoms with van der Waals surface area (Å²) in [6.07, 6.45) is 4.32. The number of hydrogen-bond donors (Lipinski definition) is 3. The first-order valence-electron chi connectivity index (χ1n) is 6.33. The van der Waals surface area contributed by atoms with Crippen LogP contribution in [0.15, 0.2) is 24.3 Å². The number of benzene rings is 1. The maximum atomic E-state index is 11.6. The molecule has 1 saturated carbocycles. The lowest BCUT2D eigenvalue weighted by atomic mass is 9.90. The van der Waals surface area contributed by atoms with Crippen LogP contribution in [0.2, 0.25) is 0 Å². The van der Waals surface area contributed by atoms with Gasteiger partial charge in [-0.05, 0) is 37.5 Å². The fourth-order valence-electron chi connectivity index (χ4n) is 2.56. The molecule has 0 radical (unpaired) electrons. The number of carboxylic acid groups (broad SMARTS) is 1. The zero-order chi connectivity index (χ0) is 13.2. The van der Waals surface area contributed by atoms with Gasteiger partial charge in [-0.2, -0.15) is 0 Å². The van der Waals surface area contributed by atoms with Crippen LogP contribution in [0.5, 0.6) is 5.75 Å². The Labute approximate surface area is 107 Å². The lowest BCUT2D eigenvalue weighted by Crippen LogP contribution is -2.50. The molecule has 1 atom stereocenters. The van der Waals surface area contributed by atoms with E-state index >= 15 is 0 Å². The first-order chi connectivity index (χ1) is 8.52. The van der Waals surface area contributed by atoms with Gasteiger partial charge in [-0.15, -0.1) is 0 Å². The molecule has 1 fully saturated rings. The molecule has 1 unspecified atom stereocenters. The smallest absolute Gasteiger partial charge is 0.328 e. The number of phenols is 1. The van der Waals surface area contributed by atoms with Crippen LogP contribution in [0.3, 0.4) is 0 Å². The van der Waals surface area contributed by atoms with Crippen LogP contribution < -0.4 is 5.32 Å². The predicted octanol–water partition coefficient (Wildman–Crippen LogP) is 2.22. The zero-order valence-corrected chi connectivity index (χ0v) is 10.5. The molecule has 0 aromatic heterocycles. The lowest BCUT2D eigenvalue weighted by molar-refractivity contribution is -0.145. The van der Waals surface area contributed by atoms with Crippen molar-refractivity contribution in [2.45, 2.75) is 44.2 Å². The standard InChI is InChI=1S/C14H19NO3/c1-14(13(17)18,15-11-6-2-3-7-11)10-5-4-8-12(16)9-10/h4-5,8-9,11,15-16H,2-3,6-7H2,1H3,(H,17,18). The molecule has 98 valence electrons. The molecule has 18 heavy (non-hydrogen) atoms. The van der Waals surface area contributed by atoms with E-state index in [-0.39, 0.29) is 11.8 Å². The summed E-state index contributed by atoms with van der Waals surface area (Å²) in [4.78, 5) is 11.6. The fourth-order valence-corrected chi connectivity index (χ4v) is 2.56. The summed E-state index contributed by atoms with van der Waals surface area (Å²) in [5, 5.41) is 22.2. The van der Waals surface area contributed by atoms with Crippen molar-refractivity contribution in [1.82, 2.24) is 5.32 Å². The van der Waals surface area contributed by atoms with Gasteiger partial charge in [-0.1, -0.05) is 25.0 Å². The van der Waals surface area contributed by atoms with Crippen molar-refractivity contribution in [3.05, 3.63) is 29.8 Å². The largest absolute Gasteiger partial charge is 0.508 e. The topological polar surface area (TPSA) is 69.6 Å². The first-order valence-corrected chi connectivity index (χ1v) is 6.33. The molecule has 1 aromatic rings. The van der Waals surface area contributed by atoms with Gasteiger partial charge in [0.25, 0.3) is 0 Å². The van der Waals surface area contributed by atoms with E-state index in [1.807, 2.05) is 0 Å². The van der Waals surface area contributed by atoms with E-state index in [0.29, 0.717) is 5.56 Å². The summed E-state index contributed by atoms with van der Waals surface area (Å²) < 4.78 is 0. The maximum absolute atomic E-state index is 11.6. The third-order valence-electron chi connectivity index (χ3n) is 3.70. The van der Waals surface area contributed by atoms with E-state index in [1.54, 1.807) is 25.1 Å². The zero-order valence-electron chi connectivity index (χ0n) is 10.5. The Morgan fingerprint density at radius 2 is 2.06 bits per heavy atom. The minimum Gasteiger partial charge on any atom is -0.508 e. The van der Waals surface area contributed by atoms with E-state index in [9.17, 15) is 15.0 Å². The predicted molar refractivity (Wildman–Crippen MR) is 68.5 cm³/mol. The van der Waals surface area contributed by atoms with Crippen molar-refractivity contribution in [2.75, 3.05) is 0 Å². The van der Waals surface area contributed by atoms with Gasteiger partial charge in [0.05, 0.1) is 0 Å². The fraction of sp³-hybridized carbons (Fsp3) is 0.500. The number of aromatic hydroxyl groups is 1. The molecule has 0 aliphatic heterocycles. The molecule has 0 saturated heterocycles. The van der Waals surface area contributed by atoms with Crippen LogP contribution in [0.4, 0.5) is 0 Å². The van der Waals surface area contributed by atoms with E-state index in [1.165, 1.54) is 6.07 Å². The molecule has 0 spiro atoms. The molecule has 1 aliphatic rings. The highest BCUT2D eigenvalue weighted by Gasteiger charge is 2.37. The molecular weight excluding hydrogens is 230 g/mol. The van der Waals surface area contributed by atoms with Gasteiger partial charge in [-0.25, -0.2) is 4.79 Å². The summed E-state index contributed by atoms with van der Waals surface area (Å²) in [7, 11) is 0. The van der Waals surface area contributed by atoms with Gasteiger partial charge < -0.3 is 10.2 Å². The van der Waals surface area contributed by atoms with Gasteiger partial charge >= 0.3 is 5.97 Å². The Bertz CT molecular complexity index is 440. The van der Waals surface area contributed by atoms with Gasteiger partial charge in [0.15, 0.2) is 0 Å². The lowest BCUT2D eigenvalue weighted by Gasteiger charge is -2.30. The van der Waals surface area contributed by atoms with Crippen LogP contribution >= 0.6 is 0 Å². The molecule has 0 heterocycles. The third kappa shape index (κ3) is 2.48. The maximum Gasteiger partial charge on any atom is 0.328 e. The number of rotatable bonds is 4. The molecule has 4 heteroatoms. The second-order valence-corrected chi connectivity index (χ2v) is 5.11. The number of carboxylic acids is 1. The van der Waals surface area contributed by atoms with Crippen molar-refractivity contribution in [3.8, 4) is 5.75 Å². The molecule has 2 rings (SSSR count). The van der Waals surface area contributed by atoms with E-state index in [4.69, 9.17) is 0 Å². The second-order valence-electron chi connectivity index (χ2n) is 5.11. The number of carbonyl (C=O) groups is 1. The Morgan fingerprint density at radius 1 is 1.39 bits per heavy atom. The van der Waals surface area contributed by atoms with Gasteiger partial charge in [0.1, 0.15) is 11.3 Å². The highest BCUT2D eigenvalue weighted by Crippen LogP contribution is 2.28.